The van der Waals surface area contributed by atoms with E-state index in [1.165, 1.54) is 15.3 Å². The van der Waals surface area contributed by atoms with Gasteiger partial charge in [-0.3, -0.25) is 14.5 Å². The van der Waals surface area contributed by atoms with Crippen LogP contribution in [0.2, 0.25) is 0 Å². The third-order valence-electron chi connectivity index (χ3n) is 5.18. The van der Waals surface area contributed by atoms with E-state index in [2.05, 4.69) is 5.32 Å². The van der Waals surface area contributed by atoms with Crippen molar-refractivity contribution in [2.45, 2.75) is 24.9 Å². The molecule has 1 saturated heterocycles. The molecule has 3 heterocycles. The first-order valence-corrected chi connectivity index (χ1v) is 9.24. The van der Waals surface area contributed by atoms with Crippen molar-refractivity contribution in [3.63, 3.8) is 0 Å². The maximum Gasteiger partial charge on any atom is 0.256 e. The first kappa shape index (κ1) is 19.1. The van der Waals surface area contributed by atoms with Crippen molar-refractivity contribution in [2.75, 3.05) is 13.1 Å². The summed E-state index contributed by atoms with van der Waals surface area (Å²) in [6.07, 6.45) is 6.05. The Morgan fingerprint density at radius 3 is 2.76 bits per heavy atom. The van der Waals surface area contributed by atoms with Crippen molar-refractivity contribution >= 4 is 17.4 Å². The van der Waals surface area contributed by atoms with Gasteiger partial charge in [-0.25, -0.2) is 9.93 Å². The zero-order chi connectivity index (χ0) is 20.6. The van der Waals surface area contributed by atoms with Crippen LogP contribution in [0, 0.1) is 0 Å². The minimum absolute atomic E-state index is 0.0190. The summed E-state index contributed by atoms with van der Waals surface area (Å²) in [7, 11) is 0. The van der Waals surface area contributed by atoms with E-state index >= 15 is 0 Å². The van der Waals surface area contributed by atoms with E-state index in [1.807, 2.05) is 0 Å². The fourth-order valence-electron chi connectivity index (χ4n) is 3.76. The lowest BCUT2D eigenvalue weighted by Crippen LogP contribution is -2.51. The van der Waals surface area contributed by atoms with Gasteiger partial charge in [0.25, 0.3) is 11.8 Å². The van der Waals surface area contributed by atoms with Gasteiger partial charge in [0.15, 0.2) is 0 Å². The molecular weight excluding hydrogens is 382 g/mol. The molecule has 29 heavy (non-hydrogen) atoms. The Morgan fingerprint density at radius 1 is 1.31 bits per heavy atom. The number of piperidine rings is 1. The van der Waals surface area contributed by atoms with Crippen LogP contribution >= 0.6 is 0 Å². The molecule has 0 spiro atoms. The van der Waals surface area contributed by atoms with Gasteiger partial charge in [0, 0.05) is 36.4 Å². The highest BCUT2D eigenvalue weighted by molar-refractivity contribution is 5.95. The fraction of sp³-hybridized carbons (Fsp3) is 0.300. The van der Waals surface area contributed by atoms with E-state index in [4.69, 9.17) is 0 Å². The Hall–Kier alpha value is -3.20. The van der Waals surface area contributed by atoms with E-state index in [-0.39, 0.29) is 30.6 Å². The number of nitrogens with zero attached hydrogens (tertiary/aromatic N) is 2. The van der Waals surface area contributed by atoms with E-state index in [0.29, 0.717) is 18.5 Å². The SMILES string of the molecule is O=C(c1ccc(C2=CC=CN3C(=O)C=C(NF)NC23)cc1)N1CCCC(O)(F)C1. The molecule has 2 amide bonds. The lowest BCUT2D eigenvalue weighted by molar-refractivity contribution is -0.126. The van der Waals surface area contributed by atoms with Gasteiger partial charge >= 0.3 is 0 Å². The lowest BCUT2D eigenvalue weighted by Gasteiger charge is -2.37. The number of β-amino-alcohol motifs (C(OH)–C–C–N with tert-alkyl or cyclic N) is 1. The van der Waals surface area contributed by atoms with E-state index in [0.717, 1.165) is 17.2 Å². The summed E-state index contributed by atoms with van der Waals surface area (Å²) in [5.74, 6) is -3.12. The van der Waals surface area contributed by atoms with E-state index in [9.17, 15) is 23.6 Å². The van der Waals surface area contributed by atoms with Crippen LogP contribution in [0.5, 0.6) is 0 Å². The van der Waals surface area contributed by atoms with Gasteiger partial charge in [0.1, 0.15) is 12.0 Å². The number of aliphatic hydroxyl groups is 1. The summed E-state index contributed by atoms with van der Waals surface area (Å²) < 4.78 is 26.7. The average Bonchev–Trinajstić information content (AvgIpc) is 2.72. The highest BCUT2D eigenvalue weighted by atomic mass is 19.2. The third kappa shape index (κ3) is 3.73. The molecule has 0 saturated carbocycles. The Bertz CT molecular complexity index is 924. The minimum Gasteiger partial charge on any atom is -0.360 e. The fourth-order valence-corrected chi connectivity index (χ4v) is 3.76. The number of fused-ring (bicyclic) bond motifs is 1. The molecule has 152 valence electrons. The van der Waals surface area contributed by atoms with Crippen LogP contribution < -0.4 is 10.9 Å². The van der Waals surface area contributed by atoms with Crippen LogP contribution in [-0.2, 0) is 4.79 Å². The number of halogens is 2. The zero-order valence-electron chi connectivity index (χ0n) is 15.4. The molecule has 3 N–H and O–H groups in total. The third-order valence-corrected chi connectivity index (χ3v) is 5.18. The summed E-state index contributed by atoms with van der Waals surface area (Å²) in [4.78, 5) is 27.5. The predicted molar refractivity (Wildman–Crippen MR) is 101 cm³/mol. The van der Waals surface area contributed by atoms with Crippen molar-refractivity contribution < 1.29 is 23.6 Å². The van der Waals surface area contributed by atoms with E-state index < -0.39 is 12.0 Å². The molecule has 0 aromatic heterocycles. The maximum atomic E-state index is 13.8. The predicted octanol–water partition coefficient (Wildman–Crippen LogP) is 1.56. The summed E-state index contributed by atoms with van der Waals surface area (Å²) in [5.41, 5.74) is 3.28. The van der Waals surface area contributed by atoms with Crippen molar-refractivity contribution in [1.29, 1.82) is 0 Å². The van der Waals surface area contributed by atoms with Gasteiger partial charge in [0.05, 0.1) is 6.54 Å². The number of hydrogen-bond donors (Lipinski definition) is 3. The Labute approximate surface area is 165 Å². The molecule has 4 rings (SSSR count). The Kier molecular flexibility index (Phi) is 4.83. The summed E-state index contributed by atoms with van der Waals surface area (Å²) in [6, 6.07) is 6.66. The summed E-state index contributed by atoms with van der Waals surface area (Å²) >= 11 is 0. The normalized spacial score (nSPS) is 26.3. The highest BCUT2D eigenvalue weighted by Gasteiger charge is 2.35. The number of carbonyl (C=O) groups is 2. The topological polar surface area (TPSA) is 84.9 Å². The van der Waals surface area contributed by atoms with Crippen molar-refractivity contribution in [3.05, 3.63) is 65.6 Å². The second-order valence-corrected chi connectivity index (χ2v) is 7.23. The van der Waals surface area contributed by atoms with Crippen LogP contribution in [0.3, 0.4) is 0 Å². The lowest BCUT2D eigenvalue weighted by atomic mass is 9.97. The second-order valence-electron chi connectivity index (χ2n) is 7.23. The quantitative estimate of drug-likeness (QED) is 0.669. The molecule has 9 heteroatoms. The van der Waals surface area contributed by atoms with E-state index in [1.54, 1.807) is 42.6 Å². The van der Waals surface area contributed by atoms with Crippen molar-refractivity contribution in [1.82, 2.24) is 20.7 Å². The second kappa shape index (κ2) is 7.32. The number of rotatable bonds is 3. The van der Waals surface area contributed by atoms with Gasteiger partial charge in [-0.05, 0) is 30.2 Å². The Morgan fingerprint density at radius 2 is 2.07 bits per heavy atom. The van der Waals surface area contributed by atoms with Crippen LogP contribution in [0.25, 0.3) is 5.57 Å². The number of carbonyl (C=O) groups excluding carboxylic acids is 2. The molecule has 2 atom stereocenters. The van der Waals surface area contributed by atoms with Gasteiger partial charge in [-0.2, -0.15) is 0 Å². The minimum atomic E-state index is -2.36. The molecule has 0 aliphatic carbocycles. The van der Waals surface area contributed by atoms with Gasteiger partial charge in [-0.1, -0.05) is 18.2 Å². The maximum absolute atomic E-state index is 13.8. The van der Waals surface area contributed by atoms with Gasteiger partial charge < -0.3 is 15.3 Å². The zero-order valence-corrected chi connectivity index (χ0v) is 15.4. The van der Waals surface area contributed by atoms with Crippen LogP contribution in [0.4, 0.5) is 8.87 Å². The number of amides is 2. The highest BCUT2D eigenvalue weighted by Crippen LogP contribution is 2.29. The van der Waals surface area contributed by atoms with Crippen LogP contribution in [0.1, 0.15) is 28.8 Å². The molecule has 1 fully saturated rings. The van der Waals surface area contributed by atoms with Gasteiger partial charge in [-0.15, -0.1) is 4.48 Å². The van der Waals surface area contributed by atoms with Gasteiger partial charge in [0.2, 0.25) is 5.85 Å². The standard InChI is InChI=1S/C20H20F2N4O3/c21-20(29)8-2-9-25(12-20)19(28)14-6-4-13(5-7-14)15-3-1-10-26-17(27)11-16(24-22)23-18(15)26/h1,3-7,10-11,18,23-24,29H,2,8-9,12H2. The molecule has 0 bridgehead atoms. The molecule has 3 aliphatic rings. The summed E-state index contributed by atoms with van der Waals surface area (Å²) in [6.45, 7) is 0.0368. The number of alkyl halides is 1. The number of nitrogens with one attached hydrogen (secondary N) is 2. The molecule has 0 radical (unpaired) electrons. The molecule has 3 aliphatic heterocycles. The largest absolute Gasteiger partial charge is 0.360 e. The number of likely N-dealkylation sites (tertiary alicyclic amines) is 1. The van der Waals surface area contributed by atoms with Crippen molar-refractivity contribution in [2.24, 2.45) is 0 Å². The van der Waals surface area contributed by atoms with Crippen molar-refractivity contribution in [3.8, 4) is 0 Å². The molecule has 7 nitrogen and oxygen atoms in total. The number of benzene rings is 1. The monoisotopic (exact) mass is 402 g/mol. The Balaban J connectivity index is 1.54. The molecule has 1 aromatic rings. The number of allylic oxidation sites excluding steroid dienone is 2. The first-order chi connectivity index (χ1) is 13.9. The van der Waals surface area contributed by atoms with Crippen LogP contribution in [-0.4, -0.2) is 51.8 Å². The number of hydrogen-bond acceptors (Lipinski definition) is 5. The summed E-state index contributed by atoms with van der Waals surface area (Å²) in [5, 5.41) is 12.5. The molecule has 2 unspecified atom stereocenters. The smallest absolute Gasteiger partial charge is 0.256 e. The average molecular weight is 402 g/mol. The van der Waals surface area contributed by atoms with Crippen LogP contribution in [0.15, 0.2) is 54.5 Å². The first-order valence-electron chi connectivity index (χ1n) is 9.24. The molecule has 1 aromatic carbocycles. The molecular formula is C20H20F2N4O3.